The van der Waals surface area contributed by atoms with Crippen molar-refractivity contribution in [2.24, 2.45) is 16.7 Å². The fraction of sp³-hybridized carbons (Fsp3) is 0.617. The number of allylic oxidation sites excluding steroid dienone is 2. The molecule has 9 heteroatoms. The van der Waals surface area contributed by atoms with Crippen molar-refractivity contribution in [3.8, 4) is 0 Å². The molecule has 0 aromatic heterocycles. The summed E-state index contributed by atoms with van der Waals surface area (Å²) in [6, 6.07) is 16.5. The fourth-order valence-electron chi connectivity index (χ4n) is 5.16. The van der Waals surface area contributed by atoms with Crippen LogP contribution in [-0.4, -0.2) is 56.1 Å². The van der Waals surface area contributed by atoms with Crippen LogP contribution in [0.3, 0.4) is 0 Å². The van der Waals surface area contributed by atoms with Crippen LogP contribution >= 0.6 is 0 Å². The molecule has 0 radical (unpaired) electrons. The lowest BCUT2D eigenvalue weighted by Gasteiger charge is -2.29. The number of esters is 1. The molecule has 1 saturated heterocycles. The van der Waals surface area contributed by atoms with Crippen LogP contribution in [0.5, 0.6) is 0 Å². The Labute approximate surface area is 342 Å². The number of cyclic esters (lactones) is 1. The molecule has 3 rings (SSSR count). The molecule has 1 fully saturated rings. The van der Waals surface area contributed by atoms with Gasteiger partial charge in [0.2, 0.25) is 17.7 Å². The van der Waals surface area contributed by atoms with Crippen molar-refractivity contribution in [2.75, 3.05) is 26.3 Å². The van der Waals surface area contributed by atoms with Gasteiger partial charge in [0, 0.05) is 31.3 Å². The Balaban J connectivity index is -0.00000123. The number of rotatable bonds is 15. The average Bonchev–Trinajstić information content (AvgIpc) is 3.51. The molecule has 2 unspecified atom stereocenters. The van der Waals surface area contributed by atoms with Gasteiger partial charge in [-0.25, -0.2) is 0 Å². The summed E-state index contributed by atoms with van der Waals surface area (Å²) in [7, 11) is 0. The normalized spacial score (nSPS) is 14.4. The SMILES string of the molecule is C/C=C(/C)c1ccccc1C.CC.CC.CC.CC.Cc1ccc(CNC(=O)CC(C)(C)COCC(C)(C)CNC(=O)CNC(=O)CC2CC(C)OC2=O)cc1. The lowest BCUT2D eigenvalue weighted by Crippen LogP contribution is -2.42. The Morgan fingerprint density at radius 2 is 1.34 bits per heavy atom. The van der Waals surface area contributed by atoms with Crippen LogP contribution in [0.4, 0.5) is 0 Å². The number of nitrogens with one attached hydrogen (secondary N) is 3. The van der Waals surface area contributed by atoms with Gasteiger partial charge in [-0.15, -0.1) is 0 Å². The number of hydrogen-bond donors (Lipinski definition) is 3. The van der Waals surface area contributed by atoms with E-state index in [0.29, 0.717) is 39.1 Å². The van der Waals surface area contributed by atoms with E-state index < -0.39 is 5.92 Å². The third-order valence-electron chi connectivity index (χ3n) is 8.15. The second-order valence-corrected chi connectivity index (χ2v) is 14.5. The minimum atomic E-state index is -0.447. The van der Waals surface area contributed by atoms with Crippen molar-refractivity contribution < 1.29 is 28.7 Å². The number of ether oxygens (including phenoxy) is 2. The number of carbonyl (C=O) groups is 4. The summed E-state index contributed by atoms with van der Waals surface area (Å²) in [6.07, 6.45) is 2.84. The maximum atomic E-state index is 12.4. The molecule has 0 saturated carbocycles. The molecule has 1 heterocycles. The summed E-state index contributed by atoms with van der Waals surface area (Å²) in [6.45, 7) is 35.6. The first-order valence-corrected chi connectivity index (χ1v) is 20.8. The van der Waals surface area contributed by atoms with E-state index in [1.54, 1.807) is 6.92 Å². The molecule has 2 atom stereocenters. The summed E-state index contributed by atoms with van der Waals surface area (Å²) >= 11 is 0. The molecule has 3 N–H and O–H groups in total. The zero-order valence-corrected chi connectivity index (χ0v) is 38.5. The second-order valence-electron chi connectivity index (χ2n) is 14.5. The quantitative estimate of drug-likeness (QED) is 0.155. The molecule has 2 aromatic carbocycles. The third kappa shape index (κ3) is 26.0. The molecule has 0 spiro atoms. The Morgan fingerprint density at radius 3 is 1.86 bits per heavy atom. The maximum absolute atomic E-state index is 12.4. The van der Waals surface area contributed by atoms with Crippen LogP contribution in [-0.2, 0) is 35.2 Å². The third-order valence-corrected chi connectivity index (χ3v) is 8.15. The fourth-order valence-corrected chi connectivity index (χ4v) is 5.16. The number of aryl methyl sites for hydroxylation is 2. The van der Waals surface area contributed by atoms with E-state index in [-0.39, 0.29) is 53.6 Å². The van der Waals surface area contributed by atoms with Gasteiger partial charge in [0.1, 0.15) is 0 Å². The highest BCUT2D eigenvalue weighted by Gasteiger charge is 2.33. The van der Waals surface area contributed by atoms with E-state index in [4.69, 9.17) is 9.47 Å². The Bertz CT molecular complexity index is 1400. The average molecular weight is 784 g/mol. The van der Waals surface area contributed by atoms with Gasteiger partial charge in [0.05, 0.1) is 31.8 Å². The highest BCUT2D eigenvalue weighted by molar-refractivity contribution is 5.87. The molecule has 56 heavy (non-hydrogen) atoms. The first-order valence-electron chi connectivity index (χ1n) is 20.8. The minimum absolute atomic E-state index is 0.0234. The molecular weight excluding hydrogens is 703 g/mol. The Hall–Kier alpha value is -3.98. The number of hydrogen-bond acceptors (Lipinski definition) is 6. The van der Waals surface area contributed by atoms with Crippen molar-refractivity contribution in [3.05, 3.63) is 76.9 Å². The standard InChI is InChI=1S/C28H43N3O6.C11H14.4C2H6/c1-19-7-9-21(10-8-19)14-29-24(33)13-27(3,4)17-36-18-28(5,6)16-31-25(34)15-30-23(32)12-22-11-20(2)37-26(22)35;1-4-9(2)11-8-6-5-7-10(11)3;4*1-2/h7-10,20,22H,11-18H2,1-6H3,(H,29,33)(H,30,32)(H,31,34);4-8H,1-3H3;4*1-2H3/b;9-4-;;;;. The summed E-state index contributed by atoms with van der Waals surface area (Å²) in [4.78, 5) is 48.3. The largest absolute Gasteiger partial charge is 0.462 e. The van der Waals surface area contributed by atoms with Gasteiger partial charge in [-0.2, -0.15) is 0 Å². The summed E-state index contributed by atoms with van der Waals surface area (Å²) < 4.78 is 11.0. The van der Waals surface area contributed by atoms with Gasteiger partial charge in [0.15, 0.2) is 0 Å². The van der Waals surface area contributed by atoms with E-state index in [0.717, 1.165) is 5.56 Å². The monoisotopic (exact) mass is 784 g/mol. The van der Waals surface area contributed by atoms with Crippen LogP contribution in [0.25, 0.3) is 5.57 Å². The van der Waals surface area contributed by atoms with Gasteiger partial charge in [-0.3, -0.25) is 19.2 Å². The zero-order chi connectivity index (χ0) is 43.9. The summed E-state index contributed by atoms with van der Waals surface area (Å²) in [5, 5.41) is 8.33. The molecule has 1 aliphatic heterocycles. The topological polar surface area (TPSA) is 123 Å². The smallest absolute Gasteiger partial charge is 0.309 e. The lowest BCUT2D eigenvalue weighted by molar-refractivity contribution is -0.145. The molecular formula is C47H81N3O6. The van der Waals surface area contributed by atoms with Gasteiger partial charge in [0.25, 0.3) is 0 Å². The highest BCUT2D eigenvalue weighted by atomic mass is 16.5. The van der Waals surface area contributed by atoms with Crippen LogP contribution < -0.4 is 16.0 Å². The zero-order valence-electron chi connectivity index (χ0n) is 38.5. The predicted octanol–water partition coefficient (Wildman–Crippen LogP) is 10.2. The Morgan fingerprint density at radius 1 is 0.786 bits per heavy atom. The van der Waals surface area contributed by atoms with Gasteiger partial charge < -0.3 is 25.4 Å². The molecule has 9 nitrogen and oxygen atoms in total. The molecule has 0 aliphatic carbocycles. The molecule has 1 aliphatic rings. The van der Waals surface area contributed by atoms with E-state index >= 15 is 0 Å². The van der Waals surface area contributed by atoms with Crippen LogP contribution in [0.2, 0.25) is 0 Å². The van der Waals surface area contributed by atoms with Gasteiger partial charge in [-0.05, 0) is 68.7 Å². The van der Waals surface area contributed by atoms with Gasteiger partial charge in [-0.1, -0.05) is 143 Å². The molecule has 2 aromatic rings. The first kappa shape index (κ1) is 56.4. The van der Waals surface area contributed by atoms with Gasteiger partial charge >= 0.3 is 5.97 Å². The number of carbonyl (C=O) groups excluding carboxylic acids is 4. The number of benzene rings is 2. The van der Waals surface area contributed by atoms with Crippen LogP contribution in [0.15, 0.2) is 54.6 Å². The van der Waals surface area contributed by atoms with Crippen molar-refractivity contribution in [1.29, 1.82) is 0 Å². The lowest BCUT2D eigenvalue weighted by atomic mass is 9.89. The first-order chi connectivity index (χ1) is 26.5. The predicted molar refractivity (Wildman–Crippen MR) is 236 cm³/mol. The highest BCUT2D eigenvalue weighted by Crippen LogP contribution is 2.24. The molecule has 0 bridgehead atoms. The molecule has 3 amide bonds. The minimum Gasteiger partial charge on any atom is -0.462 e. The van der Waals surface area contributed by atoms with Crippen LogP contribution in [0.1, 0.15) is 145 Å². The molecule has 320 valence electrons. The second kappa shape index (κ2) is 32.1. The van der Waals surface area contributed by atoms with E-state index in [2.05, 4.69) is 67.1 Å². The van der Waals surface area contributed by atoms with Crippen molar-refractivity contribution in [1.82, 2.24) is 16.0 Å². The Kier molecular flexibility index (Phi) is 32.3. The van der Waals surface area contributed by atoms with Crippen molar-refractivity contribution in [3.63, 3.8) is 0 Å². The van der Waals surface area contributed by atoms with Crippen molar-refractivity contribution >= 4 is 29.3 Å². The van der Waals surface area contributed by atoms with E-state index in [9.17, 15) is 19.2 Å². The summed E-state index contributed by atoms with van der Waals surface area (Å²) in [5.41, 5.74) is 5.62. The maximum Gasteiger partial charge on any atom is 0.309 e. The van der Waals surface area contributed by atoms with E-state index in [1.165, 1.54) is 22.3 Å². The summed E-state index contributed by atoms with van der Waals surface area (Å²) in [5.74, 6) is -1.49. The van der Waals surface area contributed by atoms with Crippen molar-refractivity contribution in [2.45, 2.75) is 150 Å². The van der Waals surface area contributed by atoms with E-state index in [1.807, 2.05) is 114 Å². The number of amides is 3. The van der Waals surface area contributed by atoms with Crippen LogP contribution in [0, 0.1) is 30.6 Å².